The van der Waals surface area contributed by atoms with Crippen LogP contribution in [0.4, 0.5) is 5.82 Å². The molecular formula is C23H30N4O4. The lowest BCUT2D eigenvalue weighted by Gasteiger charge is -2.47. The molecule has 0 aromatic carbocycles. The monoisotopic (exact) mass is 426 g/mol. The van der Waals surface area contributed by atoms with E-state index in [0.717, 1.165) is 11.4 Å². The Kier molecular flexibility index (Phi) is 6.48. The fourth-order valence-corrected chi connectivity index (χ4v) is 3.83. The number of hydrogen-bond donors (Lipinski definition) is 0. The summed E-state index contributed by atoms with van der Waals surface area (Å²) in [5.74, 6) is 0.756. The third-order valence-electron chi connectivity index (χ3n) is 5.33. The van der Waals surface area contributed by atoms with Gasteiger partial charge in [-0.1, -0.05) is 12.6 Å². The maximum absolute atomic E-state index is 13.2. The quantitative estimate of drug-likeness (QED) is 0.673. The molecule has 0 N–H and O–H groups in total. The Balaban J connectivity index is 1.79. The molecule has 1 amide bonds. The Morgan fingerprint density at radius 3 is 2.68 bits per heavy atom. The molecule has 1 aromatic rings. The minimum Gasteiger partial charge on any atom is -0.461 e. The van der Waals surface area contributed by atoms with E-state index >= 15 is 0 Å². The van der Waals surface area contributed by atoms with Gasteiger partial charge >= 0.3 is 5.97 Å². The van der Waals surface area contributed by atoms with Crippen LogP contribution < -0.4 is 4.90 Å². The number of hydrogen-bond acceptors (Lipinski definition) is 7. The molecule has 1 fully saturated rings. The zero-order valence-corrected chi connectivity index (χ0v) is 18.9. The Morgan fingerprint density at radius 2 is 2.03 bits per heavy atom. The van der Waals surface area contributed by atoms with Gasteiger partial charge in [-0.2, -0.15) is 0 Å². The van der Waals surface area contributed by atoms with Crippen LogP contribution in [0.15, 0.2) is 41.3 Å². The van der Waals surface area contributed by atoms with Crippen molar-refractivity contribution in [3.05, 3.63) is 47.6 Å². The first kappa shape index (κ1) is 22.5. The molecule has 0 spiro atoms. The van der Waals surface area contributed by atoms with Crippen LogP contribution in [0.2, 0.25) is 0 Å². The lowest BCUT2D eigenvalue weighted by molar-refractivity contribution is -0.135. The van der Waals surface area contributed by atoms with Crippen LogP contribution in [-0.4, -0.2) is 65.8 Å². The molecule has 0 bridgehead atoms. The molecule has 1 saturated heterocycles. The van der Waals surface area contributed by atoms with E-state index in [1.165, 1.54) is 0 Å². The van der Waals surface area contributed by atoms with Crippen LogP contribution in [0.5, 0.6) is 0 Å². The Labute approximate surface area is 183 Å². The highest BCUT2D eigenvalue weighted by atomic mass is 16.5. The van der Waals surface area contributed by atoms with Crippen molar-refractivity contribution in [3.8, 4) is 0 Å². The molecular weight excluding hydrogens is 396 g/mol. The van der Waals surface area contributed by atoms with E-state index in [2.05, 4.69) is 21.5 Å². The summed E-state index contributed by atoms with van der Waals surface area (Å²) in [7, 11) is 0. The van der Waals surface area contributed by atoms with Gasteiger partial charge in [-0.25, -0.2) is 9.78 Å². The average Bonchev–Trinajstić information content (AvgIpc) is 3.08. The highest BCUT2D eigenvalue weighted by Crippen LogP contribution is 2.30. The number of aryl methyl sites for hydroxylation is 1. The number of rotatable bonds is 5. The zero-order valence-electron chi connectivity index (χ0n) is 18.9. The highest BCUT2D eigenvalue weighted by Gasteiger charge is 2.40. The highest BCUT2D eigenvalue weighted by molar-refractivity contribution is 6.14. The smallest absolute Gasteiger partial charge is 0.356 e. The van der Waals surface area contributed by atoms with E-state index in [1.807, 2.05) is 38.7 Å². The molecule has 8 nitrogen and oxygen atoms in total. The predicted molar refractivity (Wildman–Crippen MR) is 119 cm³/mol. The predicted octanol–water partition coefficient (Wildman–Crippen LogP) is 2.88. The molecule has 0 atom stereocenters. The summed E-state index contributed by atoms with van der Waals surface area (Å²) in [5.41, 5.74) is 1.36. The van der Waals surface area contributed by atoms with E-state index in [0.29, 0.717) is 44.3 Å². The Hall–Kier alpha value is -3.16. The summed E-state index contributed by atoms with van der Waals surface area (Å²) in [6.45, 7) is 16.0. The summed E-state index contributed by atoms with van der Waals surface area (Å²) < 4.78 is 10.7. The van der Waals surface area contributed by atoms with Gasteiger partial charge in [0.2, 0.25) is 0 Å². The first-order valence-corrected chi connectivity index (χ1v) is 10.5. The van der Waals surface area contributed by atoms with Gasteiger partial charge < -0.3 is 19.3 Å². The summed E-state index contributed by atoms with van der Waals surface area (Å²) in [5, 5.41) is 0. The lowest BCUT2D eigenvalue weighted by atomic mass is 9.97. The number of anilines is 1. The number of esters is 1. The molecule has 2 aliphatic rings. The van der Waals surface area contributed by atoms with Crippen LogP contribution in [0.1, 0.15) is 43.7 Å². The van der Waals surface area contributed by atoms with Gasteiger partial charge in [-0.05, 0) is 46.2 Å². The maximum atomic E-state index is 13.2. The molecule has 31 heavy (non-hydrogen) atoms. The number of piperazine rings is 1. The topological polar surface area (TPSA) is 84.3 Å². The van der Waals surface area contributed by atoms with Crippen LogP contribution in [-0.2, 0) is 14.3 Å². The average molecular weight is 427 g/mol. The number of carbonyl (C=O) groups excluding carboxylic acids is 2. The molecule has 0 unspecified atom stereocenters. The van der Waals surface area contributed by atoms with Crippen molar-refractivity contribution >= 4 is 23.4 Å². The number of amides is 1. The minimum atomic E-state index is -0.487. The molecule has 0 radical (unpaired) electrons. The second-order valence-corrected chi connectivity index (χ2v) is 8.14. The molecule has 2 aliphatic heterocycles. The van der Waals surface area contributed by atoms with E-state index in [-0.39, 0.29) is 17.4 Å². The standard InChI is InChI=1S/C23H30N4O4/c1-7-24-18-13-19(31-16(18)4)21(28)27-12-11-26(14-23(27,5)6)20-15(3)9-10-17(25-20)22(29)30-8-2/h9-10,13H,4,7-8,11-12,14H2,1-3,5-6H3. The summed E-state index contributed by atoms with van der Waals surface area (Å²) in [4.78, 5) is 38.1. The van der Waals surface area contributed by atoms with Crippen molar-refractivity contribution in [2.24, 2.45) is 4.99 Å². The maximum Gasteiger partial charge on any atom is 0.356 e. The summed E-state index contributed by atoms with van der Waals surface area (Å²) in [6.07, 6.45) is 1.66. The number of allylic oxidation sites excluding steroid dienone is 1. The fraction of sp³-hybridized carbons (Fsp3) is 0.478. The zero-order chi connectivity index (χ0) is 22.8. The number of pyridine rings is 1. The van der Waals surface area contributed by atoms with E-state index in [1.54, 1.807) is 19.1 Å². The first-order valence-electron chi connectivity index (χ1n) is 10.5. The van der Waals surface area contributed by atoms with E-state index in [9.17, 15) is 9.59 Å². The normalized spacial score (nSPS) is 19.3. The van der Waals surface area contributed by atoms with Crippen molar-refractivity contribution in [2.75, 3.05) is 37.7 Å². The molecule has 1 aromatic heterocycles. The number of aliphatic imine (C=N–C) groups is 1. The van der Waals surface area contributed by atoms with Crippen LogP contribution in [0.3, 0.4) is 0 Å². The molecule has 166 valence electrons. The van der Waals surface area contributed by atoms with Crippen LogP contribution in [0.25, 0.3) is 0 Å². The van der Waals surface area contributed by atoms with Gasteiger partial charge in [-0.3, -0.25) is 9.79 Å². The van der Waals surface area contributed by atoms with Gasteiger partial charge in [0.05, 0.1) is 12.1 Å². The molecule has 3 rings (SSSR count). The molecule has 3 heterocycles. The van der Waals surface area contributed by atoms with E-state index < -0.39 is 11.5 Å². The summed E-state index contributed by atoms with van der Waals surface area (Å²) >= 11 is 0. The van der Waals surface area contributed by atoms with Gasteiger partial charge in [-0.15, -0.1) is 0 Å². The molecule has 0 aliphatic carbocycles. The first-order chi connectivity index (χ1) is 14.7. The number of carbonyl (C=O) groups is 2. The lowest BCUT2D eigenvalue weighted by Crippen LogP contribution is -2.61. The number of ether oxygens (including phenoxy) is 2. The number of nitrogens with zero attached hydrogens (tertiary/aromatic N) is 4. The third-order valence-corrected chi connectivity index (χ3v) is 5.33. The second kappa shape index (κ2) is 8.91. The van der Waals surface area contributed by atoms with Gasteiger partial charge in [0.1, 0.15) is 17.3 Å². The van der Waals surface area contributed by atoms with Gasteiger partial charge in [0.25, 0.3) is 5.91 Å². The van der Waals surface area contributed by atoms with Crippen molar-refractivity contribution in [3.63, 3.8) is 0 Å². The molecule has 0 saturated carbocycles. The Bertz CT molecular complexity index is 964. The van der Waals surface area contributed by atoms with Gasteiger partial charge in [0.15, 0.2) is 11.5 Å². The van der Waals surface area contributed by atoms with Crippen molar-refractivity contribution < 1.29 is 19.1 Å². The summed E-state index contributed by atoms with van der Waals surface area (Å²) in [6, 6.07) is 3.55. The SMILES string of the molecule is C=C1OC(C(=O)N2CCN(c3nc(C(=O)OCC)ccc3C)CC2(C)C)=CC1=NCC. The van der Waals surface area contributed by atoms with E-state index in [4.69, 9.17) is 9.47 Å². The van der Waals surface area contributed by atoms with Crippen LogP contribution in [0, 0.1) is 6.92 Å². The van der Waals surface area contributed by atoms with Crippen molar-refractivity contribution in [1.29, 1.82) is 0 Å². The largest absolute Gasteiger partial charge is 0.461 e. The van der Waals surface area contributed by atoms with Crippen molar-refractivity contribution in [2.45, 2.75) is 40.2 Å². The Morgan fingerprint density at radius 1 is 1.29 bits per heavy atom. The fourth-order valence-electron chi connectivity index (χ4n) is 3.83. The van der Waals surface area contributed by atoms with Crippen LogP contribution >= 0.6 is 0 Å². The van der Waals surface area contributed by atoms with Crippen molar-refractivity contribution in [1.82, 2.24) is 9.88 Å². The second-order valence-electron chi connectivity index (χ2n) is 8.14. The number of aromatic nitrogens is 1. The minimum absolute atomic E-state index is 0.183. The molecule has 8 heteroatoms. The van der Waals surface area contributed by atoms with Gasteiger partial charge in [0, 0.05) is 32.3 Å². The third kappa shape index (κ3) is 4.62.